The smallest absolute Gasteiger partial charge is 0.239 e. The van der Waals surface area contributed by atoms with E-state index in [1.807, 2.05) is 12.1 Å². The summed E-state index contributed by atoms with van der Waals surface area (Å²) in [7, 11) is 0. The Kier molecular flexibility index (Phi) is 3.49. The summed E-state index contributed by atoms with van der Waals surface area (Å²) in [5.41, 5.74) is 6.59. The van der Waals surface area contributed by atoms with E-state index in [4.69, 9.17) is 10.5 Å². The van der Waals surface area contributed by atoms with E-state index in [0.717, 1.165) is 37.4 Å². The molecule has 19 heavy (non-hydrogen) atoms. The number of rotatable bonds is 7. The number of hydrogen-bond donors (Lipinski definition) is 1. The van der Waals surface area contributed by atoms with Gasteiger partial charge in [0.15, 0.2) is 0 Å². The molecule has 1 aromatic rings. The number of nitrogen functional groups attached to an aromatic ring is 1. The molecule has 0 saturated heterocycles. The lowest BCUT2D eigenvalue weighted by atomic mass is 10.3. The first kappa shape index (κ1) is 12.6. The van der Waals surface area contributed by atoms with Gasteiger partial charge in [0.1, 0.15) is 5.82 Å². The van der Waals surface area contributed by atoms with Gasteiger partial charge in [-0.2, -0.15) is 4.98 Å². The zero-order valence-electron chi connectivity index (χ0n) is 11.6. The number of ether oxygens (including phenoxy) is 1. The van der Waals surface area contributed by atoms with E-state index in [1.165, 1.54) is 25.7 Å². The summed E-state index contributed by atoms with van der Waals surface area (Å²) >= 11 is 0. The first-order chi connectivity index (χ1) is 9.26. The highest BCUT2D eigenvalue weighted by Crippen LogP contribution is 2.33. The third kappa shape index (κ3) is 3.31. The molecule has 0 amide bonds. The average molecular weight is 261 g/mol. The van der Waals surface area contributed by atoms with Crippen molar-refractivity contribution in [2.75, 3.05) is 30.3 Å². The Hall–Kier alpha value is -1.45. The molecule has 2 fully saturated rings. The Balaban J connectivity index is 1.69. The Morgan fingerprint density at radius 3 is 2.63 bits per heavy atom. The predicted molar refractivity (Wildman–Crippen MR) is 77.5 cm³/mol. The molecular formula is C15H23N3O. The molecule has 2 aliphatic rings. The quantitative estimate of drug-likeness (QED) is 0.820. The van der Waals surface area contributed by atoms with Crippen molar-refractivity contribution >= 4 is 11.5 Å². The van der Waals surface area contributed by atoms with Crippen molar-refractivity contribution in [3.05, 3.63) is 12.1 Å². The zero-order valence-corrected chi connectivity index (χ0v) is 11.6. The van der Waals surface area contributed by atoms with Crippen molar-refractivity contribution in [3.8, 4) is 5.88 Å². The number of anilines is 2. The number of pyridine rings is 1. The van der Waals surface area contributed by atoms with Gasteiger partial charge in [-0.3, -0.25) is 0 Å². The molecule has 0 radical (unpaired) electrons. The van der Waals surface area contributed by atoms with E-state index < -0.39 is 0 Å². The van der Waals surface area contributed by atoms with Gasteiger partial charge in [-0.25, -0.2) is 0 Å². The fourth-order valence-corrected chi connectivity index (χ4v) is 2.21. The van der Waals surface area contributed by atoms with Crippen LogP contribution in [0, 0.1) is 11.8 Å². The van der Waals surface area contributed by atoms with E-state index >= 15 is 0 Å². The van der Waals surface area contributed by atoms with Gasteiger partial charge in [0.05, 0.1) is 12.3 Å². The molecule has 2 saturated carbocycles. The highest BCUT2D eigenvalue weighted by atomic mass is 16.5. The lowest BCUT2D eigenvalue weighted by Crippen LogP contribution is -2.26. The molecule has 3 rings (SSSR count). The van der Waals surface area contributed by atoms with Gasteiger partial charge in [-0.15, -0.1) is 0 Å². The van der Waals surface area contributed by atoms with Crippen LogP contribution in [0.5, 0.6) is 5.88 Å². The minimum Gasteiger partial charge on any atom is -0.476 e. The van der Waals surface area contributed by atoms with Gasteiger partial charge in [0.25, 0.3) is 0 Å². The fourth-order valence-electron chi connectivity index (χ4n) is 2.21. The monoisotopic (exact) mass is 261 g/mol. The second-order valence-corrected chi connectivity index (χ2v) is 5.80. The van der Waals surface area contributed by atoms with Crippen molar-refractivity contribution in [3.63, 3.8) is 0 Å². The molecular weight excluding hydrogens is 238 g/mol. The van der Waals surface area contributed by atoms with Crippen molar-refractivity contribution in [1.29, 1.82) is 0 Å². The van der Waals surface area contributed by atoms with E-state index in [-0.39, 0.29) is 0 Å². The third-order valence-corrected chi connectivity index (χ3v) is 3.91. The Morgan fingerprint density at radius 2 is 2.00 bits per heavy atom. The van der Waals surface area contributed by atoms with Crippen LogP contribution >= 0.6 is 0 Å². The zero-order chi connectivity index (χ0) is 13.2. The minimum atomic E-state index is 0.610. The molecule has 1 aromatic heterocycles. The Labute approximate surface area is 115 Å². The normalized spacial score (nSPS) is 18.4. The van der Waals surface area contributed by atoms with E-state index in [1.54, 1.807) is 0 Å². The van der Waals surface area contributed by atoms with Crippen molar-refractivity contribution in [2.45, 2.75) is 32.6 Å². The van der Waals surface area contributed by atoms with Crippen molar-refractivity contribution < 1.29 is 4.74 Å². The summed E-state index contributed by atoms with van der Waals surface area (Å²) in [6.45, 7) is 5.02. The molecule has 0 atom stereocenters. The first-order valence-electron chi connectivity index (χ1n) is 7.40. The van der Waals surface area contributed by atoms with Crippen LogP contribution in [0.25, 0.3) is 0 Å². The van der Waals surface area contributed by atoms with Crippen LogP contribution in [0.2, 0.25) is 0 Å². The topological polar surface area (TPSA) is 51.4 Å². The maximum Gasteiger partial charge on any atom is 0.239 e. The SMILES string of the molecule is CCN(CC1CC1)c1ccc(N)c(OCC2CC2)n1. The van der Waals surface area contributed by atoms with Crippen molar-refractivity contribution in [2.24, 2.45) is 11.8 Å². The molecule has 2 N–H and O–H groups in total. The average Bonchev–Trinajstić information content (AvgIpc) is 3.29. The molecule has 104 valence electrons. The summed E-state index contributed by atoms with van der Waals surface area (Å²) in [6.07, 6.45) is 5.28. The fraction of sp³-hybridized carbons (Fsp3) is 0.667. The van der Waals surface area contributed by atoms with Gasteiger partial charge in [0, 0.05) is 13.1 Å². The molecule has 4 nitrogen and oxygen atoms in total. The molecule has 0 bridgehead atoms. The van der Waals surface area contributed by atoms with Crippen LogP contribution in [0.4, 0.5) is 11.5 Å². The Bertz CT molecular complexity index is 441. The predicted octanol–water partition coefficient (Wildman–Crippen LogP) is 2.69. The van der Waals surface area contributed by atoms with E-state index in [9.17, 15) is 0 Å². The van der Waals surface area contributed by atoms with E-state index in [2.05, 4.69) is 16.8 Å². The van der Waals surface area contributed by atoms with Crippen LogP contribution in [0.1, 0.15) is 32.6 Å². The largest absolute Gasteiger partial charge is 0.476 e. The highest BCUT2D eigenvalue weighted by Gasteiger charge is 2.25. The lowest BCUT2D eigenvalue weighted by molar-refractivity contribution is 0.290. The Morgan fingerprint density at radius 1 is 1.26 bits per heavy atom. The minimum absolute atomic E-state index is 0.610. The second-order valence-electron chi connectivity index (χ2n) is 5.80. The molecule has 0 spiro atoms. The van der Waals surface area contributed by atoms with Crippen LogP contribution in [0.3, 0.4) is 0 Å². The van der Waals surface area contributed by atoms with Gasteiger partial charge < -0.3 is 15.4 Å². The van der Waals surface area contributed by atoms with Gasteiger partial charge in [-0.1, -0.05) is 0 Å². The summed E-state index contributed by atoms with van der Waals surface area (Å²) in [6, 6.07) is 3.92. The van der Waals surface area contributed by atoms with Crippen molar-refractivity contribution in [1.82, 2.24) is 4.98 Å². The summed E-state index contributed by atoms with van der Waals surface area (Å²) in [5.74, 6) is 3.18. The van der Waals surface area contributed by atoms with Gasteiger partial charge in [-0.05, 0) is 56.6 Å². The maximum absolute atomic E-state index is 5.95. The summed E-state index contributed by atoms with van der Waals surface area (Å²) in [5, 5.41) is 0. The number of nitrogens with two attached hydrogens (primary N) is 1. The third-order valence-electron chi connectivity index (χ3n) is 3.91. The molecule has 0 aromatic carbocycles. The molecule has 0 aliphatic heterocycles. The molecule has 2 aliphatic carbocycles. The summed E-state index contributed by atoms with van der Waals surface area (Å²) < 4.78 is 5.75. The molecule has 1 heterocycles. The standard InChI is InChI=1S/C15H23N3O/c1-2-18(9-11-3-4-11)14-8-7-13(16)15(17-14)19-10-12-5-6-12/h7-8,11-12H,2-6,9-10,16H2,1H3. The number of aromatic nitrogens is 1. The van der Waals surface area contributed by atoms with Crippen LogP contribution in [0.15, 0.2) is 12.1 Å². The van der Waals surface area contributed by atoms with Gasteiger partial charge in [0.2, 0.25) is 5.88 Å². The van der Waals surface area contributed by atoms with Gasteiger partial charge >= 0.3 is 0 Å². The number of hydrogen-bond acceptors (Lipinski definition) is 4. The maximum atomic E-state index is 5.95. The van der Waals surface area contributed by atoms with E-state index in [0.29, 0.717) is 11.6 Å². The lowest BCUT2D eigenvalue weighted by Gasteiger charge is -2.22. The summed E-state index contributed by atoms with van der Waals surface area (Å²) in [4.78, 5) is 6.92. The first-order valence-corrected chi connectivity index (χ1v) is 7.40. The molecule has 4 heteroatoms. The second kappa shape index (κ2) is 5.27. The molecule has 0 unspecified atom stereocenters. The van der Waals surface area contributed by atoms with Crippen LogP contribution < -0.4 is 15.4 Å². The van der Waals surface area contributed by atoms with Crippen LogP contribution in [-0.4, -0.2) is 24.7 Å². The van der Waals surface area contributed by atoms with Crippen LogP contribution in [-0.2, 0) is 0 Å². The number of nitrogens with zero attached hydrogens (tertiary/aromatic N) is 2. The highest BCUT2D eigenvalue weighted by molar-refractivity contribution is 5.54.